The summed E-state index contributed by atoms with van der Waals surface area (Å²) in [4.78, 5) is 6.49. The van der Waals surface area contributed by atoms with Gasteiger partial charge in [-0.25, -0.2) is 12.8 Å². The van der Waals surface area contributed by atoms with Gasteiger partial charge in [0, 0.05) is 38.9 Å². The highest BCUT2D eigenvalue weighted by Crippen LogP contribution is 2.20. The van der Waals surface area contributed by atoms with Crippen LogP contribution in [0.4, 0.5) is 4.39 Å². The Labute approximate surface area is 141 Å². The molecule has 0 saturated carbocycles. The van der Waals surface area contributed by atoms with Crippen molar-refractivity contribution in [2.75, 3.05) is 26.2 Å². The smallest absolute Gasteiger partial charge is 0.243 e. The molecule has 2 aromatic rings. The predicted octanol–water partition coefficient (Wildman–Crippen LogP) is 2.04. The van der Waals surface area contributed by atoms with Crippen LogP contribution in [-0.2, 0) is 16.6 Å². The summed E-state index contributed by atoms with van der Waals surface area (Å²) in [5.41, 5.74) is 1.57. The molecule has 24 heavy (non-hydrogen) atoms. The third kappa shape index (κ3) is 3.80. The number of rotatable bonds is 4. The van der Waals surface area contributed by atoms with Gasteiger partial charge in [0.2, 0.25) is 10.0 Å². The van der Waals surface area contributed by atoms with Crippen LogP contribution >= 0.6 is 0 Å². The van der Waals surface area contributed by atoms with Gasteiger partial charge in [-0.3, -0.25) is 9.88 Å². The Morgan fingerprint density at radius 3 is 2.50 bits per heavy atom. The molecule has 0 spiro atoms. The van der Waals surface area contributed by atoms with E-state index in [2.05, 4.69) is 9.88 Å². The largest absolute Gasteiger partial charge is 0.295 e. The zero-order valence-corrected chi connectivity index (χ0v) is 14.3. The number of benzene rings is 1. The predicted molar refractivity (Wildman–Crippen MR) is 89.4 cm³/mol. The van der Waals surface area contributed by atoms with Crippen molar-refractivity contribution in [2.24, 2.45) is 0 Å². The van der Waals surface area contributed by atoms with Crippen molar-refractivity contribution in [3.05, 3.63) is 59.7 Å². The molecule has 128 valence electrons. The van der Waals surface area contributed by atoms with Crippen LogP contribution in [-0.4, -0.2) is 48.8 Å². The monoisotopic (exact) mass is 349 g/mol. The summed E-state index contributed by atoms with van der Waals surface area (Å²) >= 11 is 0. The number of aryl methyl sites for hydroxylation is 1. The van der Waals surface area contributed by atoms with E-state index in [1.54, 1.807) is 13.1 Å². The molecule has 0 aliphatic carbocycles. The first-order valence-corrected chi connectivity index (χ1v) is 9.29. The van der Waals surface area contributed by atoms with E-state index < -0.39 is 15.8 Å². The zero-order valence-electron chi connectivity index (χ0n) is 13.5. The summed E-state index contributed by atoms with van der Waals surface area (Å²) in [6.45, 7) is 4.43. The normalized spacial score (nSPS) is 17.1. The van der Waals surface area contributed by atoms with E-state index in [0.717, 1.165) is 11.8 Å². The van der Waals surface area contributed by atoms with Crippen LogP contribution in [0.15, 0.2) is 47.5 Å². The maximum Gasteiger partial charge on any atom is 0.243 e. The molecule has 2 heterocycles. The maximum absolute atomic E-state index is 13.5. The molecule has 0 radical (unpaired) electrons. The summed E-state index contributed by atoms with van der Waals surface area (Å²) in [6, 6.07) is 9.69. The molecule has 0 unspecified atom stereocenters. The highest BCUT2D eigenvalue weighted by molar-refractivity contribution is 7.89. The molecule has 1 saturated heterocycles. The second-order valence-corrected chi connectivity index (χ2v) is 7.90. The van der Waals surface area contributed by atoms with Crippen molar-refractivity contribution in [3.63, 3.8) is 0 Å². The van der Waals surface area contributed by atoms with E-state index in [-0.39, 0.29) is 4.90 Å². The van der Waals surface area contributed by atoms with Crippen LogP contribution in [0, 0.1) is 12.7 Å². The Morgan fingerprint density at radius 2 is 1.88 bits per heavy atom. The van der Waals surface area contributed by atoms with Crippen LogP contribution in [0.5, 0.6) is 0 Å². The molecular formula is C17H20FN3O2S. The first-order chi connectivity index (χ1) is 11.4. The number of aromatic nitrogens is 1. The molecule has 0 N–H and O–H groups in total. The second-order valence-electron chi connectivity index (χ2n) is 5.97. The van der Waals surface area contributed by atoms with Gasteiger partial charge in [-0.05, 0) is 42.8 Å². The molecule has 1 aromatic heterocycles. The fourth-order valence-electron chi connectivity index (χ4n) is 2.85. The Bertz CT molecular complexity index is 784. The summed E-state index contributed by atoms with van der Waals surface area (Å²) in [6.07, 6.45) is 1.75. The van der Waals surface area contributed by atoms with Gasteiger partial charge in [0.1, 0.15) is 5.82 Å². The topological polar surface area (TPSA) is 53.5 Å². The van der Waals surface area contributed by atoms with E-state index in [1.807, 2.05) is 18.2 Å². The minimum atomic E-state index is -3.65. The first-order valence-electron chi connectivity index (χ1n) is 7.85. The van der Waals surface area contributed by atoms with Crippen LogP contribution in [0.1, 0.15) is 11.3 Å². The molecule has 1 aliphatic heterocycles. The number of hydrogen-bond donors (Lipinski definition) is 0. The summed E-state index contributed by atoms with van der Waals surface area (Å²) in [7, 11) is -3.65. The van der Waals surface area contributed by atoms with Crippen LogP contribution in [0.3, 0.4) is 0 Å². The Hall–Kier alpha value is -1.83. The molecule has 1 aliphatic rings. The lowest BCUT2D eigenvalue weighted by Crippen LogP contribution is -2.48. The molecular weight excluding hydrogens is 329 g/mol. The van der Waals surface area contributed by atoms with Gasteiger partial charge >= 0.3 is 0 Å². The molecule has 3 rings (SSSR count). The number of sulfonamides is 1. The highest BCUT2D eigenvalue weighted by Gasteiger charge is 2.29. The van der Waals surface area contributed by atoms with Crippen molar-refractivity contribution in [3.8, 4) is 0 Å². The van der Waals surface area contributed by atoms with Crippen LogP contribution in [0.25, 0.3) is 0 Å². The highest BCUT2D eigenvalue weighted by atomic mass is 32.2. The minimum absolute atomic E-state index is 0.0261. The first kappa shape index (κ1) is 17.0. The fraction of sp³-hybridized carbons (Fsp3) is 0.353. The standard InChI is InChI=1S/C17H20FN3O2S/c1-14-10-15(18)12-17(11-14)24(22,23)21-8-6-20(7-9-21)13-16-4-2-3-5-19-16/h2-5,10-12H,6-9,13H2,1H3. The van der Waals surface area contributed by atoms with Crippen molar-refractivity contribution in [1.29, 1.82) is 0 Å². The summed E-state index contributed by atoms with van der Waals surface area (Å²) in [5, 5.41) is 0. The van der Waals surface area contributed by atoms with E-state index in [4.69, 9.17) is 0 Å². The van der Waals surface area contributed by atoms with Gasteiger partial charge in [-0.15, -0.1) is 0 Å². The quantitative estimate of drug-likeness (QED) is 0.848. The van der Waals surface area contributed by atoms with Crippen molar-refractivity contribution >= 4 is 10.0 Å². The fourth-order valence-corrected chi connectivity index (χ4v) is 4.39. The third-order valence-corrected chi connectivity index (χ3v) is 5.97. The number of hydrogen-bond acceptors (Lipinski definition) is 4. The molecule has 5 nitrogen and oxygen atoms in total. The van der Waals surface area contributed by atoms with Crippen LogP contribution < -0.4 is 0 Å². The van der Waals surface area contributed by atoms with Crippen LogP contribution in [0.2, 0.25) is 0 Å². The average Bonchev–Trinajstić information content (AvgIpc) is 2.55. The Morgan fingerprint density at radius 1 is 1.12 bits per heavy atom. The lowest BCUT2D eigenvalue weighted by Gasteiger charge is -2.33. The molecule has 1 aromatic carbocycles. The van der Waals surface area contributed by atoms with Crippen molar-refractivity contribution in [2.45, 2.75) is 18.4 Å². The third-order valence-electron chi connectivity index (χ3n) is 4.10. The van der Waals surface area contributed by atoms with E-state index in [9.17, 15) is 12.8 Å². The number of pyridine rings is 1. The Kier molecular flexibility index (Phi) is 4.93. The number of nitrogens with zero attached hydrogens (tertiary/aromatic N) is 3. The lowest BCUT2D eigenvalue weighted by molar-refractivity contribution is 0.180. The van der Waals surface area contributed by atoms with Gasteiger partial charge in [0.25, 0.3) is 0 Å². The van der Waals surface area contributed by atoms with Crippen molar-refractivity contribution in [1.82, 2.24) is 14.2 Å². The van der Waals surface area contributed by atoms with Gasteiger partial charge in [0.15, 0.2) is 0 Å². The number of halogens is 1. The van der Waals surface area contributed by atoms with Gasteiger partial charge in [-0.1, -0.05) is 6.07 Å². The molecule has 7 heteroatoms. The van der Waals surface area contributed by atoms with Gasteiger partial charge in [0.05, 0.1) is 10.6 Å². The van der Waals surface area contributed by atoms with E-state index in [1.165, 1.54) is 16.4 Å². The molecule has 1 fully saturated rings. The second kappa shape index (κ2) is 6.96. The average molecular weight is 349 g/mol. The maximum atomic E-state index is 13.5. The van der Waals surface area contributed by atoms with Gasteiger partial charge in [-0.2, -0.15) is 4.31 Å². The van der Waals surface area contributed by atoms with E-state index in [0.29, 0.717) is 38.3 Å². The SMILES string of the molecule is Cc1cc(F)cc(S(=O)(=O)N2CCN(Cc3ccccn3)CC2)c1. The zero-order chi connectivity index (χ0) is 17.2. The summed E-state index contributed by atoms with van der Waals surface area (Å²) in [5.74, 6) is -0.526. The lowest BCUT2D eigenvalue weighted by atomic mass is 10.2. The van der Waals surface area contributed by atoms with Crippen molar-refractivity contribution < 1.29 is 12.8 Å². The molecule has 0 bridgehead atoms. The minimum Gasteiger partial charge on any atom is -0.295 e. The molecule has 0 atom stereocenters. The summed E-state index contributed by atoms with van der Waals surface area (Å²) < 4.78 is 40.3. The van der Waals surface area contributed by atoms with E-state index >= 15 is 0 Å². The Balaban J connectivity index is 1.67. The molecule has 0 amide bonds. The van der Waals surface area contributed by atoms with Gasteiger partial charge < -0.3 is 0 Å². The number of piperazine rings is 1.